The molecule has 0 saturated carbocycles. The van der Waals surface area contributed by atoms with Crippen molar-refractivity contribution >= 4 is 11.8 Å². The molecular weight excluding hydrogens is 218 g/mol. The van der Waals surface area contributed by atoms with Crippen LogP contribution in [-0.4, -0.2) is 34.1 Å². The van der Waals surface area contributed by atoms with E-state index in [-0.39, 0.29) is 6.61 Å². The third-order valence-electron chi connectivity index (χ3n) is 2.94. The summed E-state index contributed by atoms with van der Waals surface area (Å²) >= 11 is 2.06. The number of benzene rings is 1. The average molecular weight is 237 g/mol. The zero-order valence-corrected chi connectivity index (χ0v) is 10.5. The fourth-order valence-corrected chi connectivity index (χ4v) is 3.12. The highest BCUT2D eigenvalue weighted by Gasteiger charge is 2.16. The predicted octanol–water partition coefficient (Wildman–Crippen LogP) is 2.12. The van der Waals surface area contributed by atoms with Crippen molar-refractivity contribution < 1.29 is 5.11 Å². The molecule has 1 aromatic carbocycles. The van der Waals surface area contributed by atoms with E-state index in [1.165, 1.54) is 24.4 Å². The predicted molar refractivity (Wildman–Crippen MR) is 69.6 cm³/mol. The Bertz CT molecular complexity index is 325. The van der Waals surface area contributed by atoms with E-state index in [0.29, 0.717) is 0 Å². The molecule has 1 unspecified atom stereocenters. The number of aliphatic hydroxyl groups is 1. The van der Waals surface area contributed by atoms with Crippen molar-refractivity contribution in [3.8, 4) is 0 Å². The molecule has 1 atom stereocenters. The van der Waals surface area contributed by atoms with Crippen LogP contribution in [0, 0.1) is 0 Å². The summed E-state index contributed by atoms with van der Waals surface area (Å²) in [5, 5.41) is 9.73. The lowest BCUT2D eigenvalue weighted by atomic mass is 10.1. The molecule has 1 saturated heterocycles. The molecule has 1 N–H and O–H groups in total. The molecule has 0 aliphatic carbocycles. The van der Waals surface area contributed by atoms with Gasteiger partial charge in [-0.25, -0.2) is 0 Å². The van der Waals surface area contributed by atoms with Gasteiger partial charge in [-0.3, -0.25) is 4.90 Å². The smallest absolute Gasteiger partial charge is 0.0681 e. The van der Waals surface area contributed by atoms with E-state index < -0.39 is 0 Å². The van der Waals surface area contributed by atoms with Crippen LogP contribution in [0.4, 0.5) is 0 Å². The Kier molecular flexibility index (Phi) is 4.27. The van der Waals surface area contributed by atoms with Gasteiger partial charge in [0, 0.05) is 30.6 Å². The molecule has 2 nitrogen and oxygen atoms in total. The van der Waals surface area contributed by atoms with Gasteiger partial charge in [0.1, 0.15) is 0 Å². The van der Waals surface area contributed by atoms with Gasteiger partial charge in [-0.05, 0) is 11.1 Å². The fraction of sp³-hybridized carbons (Fsp3) is 0.538. The lowest BCUT2D eigenvalue weighted by Crippen LogP contribution is -2.35. The minimum atomic E-state index is 0.137. The van der Waals surface area contributed by atoms with Crippen LogP contribution in [-0.2, 0) is 13.2 Å². The van der Waals surface area contributed by atoms with Crippen LogP contribution in [0.1, 0.15) is 18.1 Å². The third kappa shape index (κ3) is 3.24. The van der Waals surface area contributed by atoms with E-state index >= 15 is 0 Å². The van der Waals surface area contributed by atoms with Gasteiger partial charge in [0.2, 0.25) is 0 Å². The maximum atomic E-state index is 8.97. The molecule has 1 aliphatic heterocycles. The molecule has 1 aromatic rings. The summed E-state index contributed by atoms with van der Waals surface area (Å²) in [5.74, 6) is 1.25. The first kappa shape index (κ1) is 12.0. The first-order valence-electron chi connectivity index (χ1n) is 5.80. The quantitative estimate of drug-likeness (QED) is 0.871. The summed E-state index contributed by atoms with van der Waals surface area (Å²) in [5.41, 5.74) is 2.34. The minimum absolute atomic E-state index is 0.137. The molecule has 0 spiro atoms. The first-order chi connectivity index (χ1) is 7.78. The molecule has 0 radical (unpaired) electrons. The Morgan fingerprint density at radius 1 is 1.31 bits per heavy atom. The summed E-state index contributed by atoms with van der Waals surface area (Å²) < 4.78 is 0. The number of hydrogen-bond acceptors (Lipinski definition) is 3. The zero-order chi connectivity index (χ0) is 11.4. The molecule has 1 fully saturated rings. The maximum Gasteiger partial charge on any atom is 0.0681 e. The maximum absolute atomic E-state index is 8.97. The zero-order valence-electron chi connectivity index (χ0n) is 9.72. The Hall–Kier alpha value is -0.510. The minimum Gasteiger partial charge on any atom is -0.392 e. The van der Waals surface area contributed by atoms with Gasteiger partial charge in [-0.2, -0.15) is 11.8 Å². The molecular formula is C13H19NOS. The second-order valence-electron chi connectivity index (χ2n) is 4.39. The van der Waals surface area contributed by atoms with Crippen LogP contribution in [0.25, 0.3) is 0 Å². The summed E-state index contributed by atoms with van der Waals surface area (Å²) in [6, 6.07) is 8.27. The van der Waals surface area contributed by atoms with Crippen molar-refractivity contribution in [2.45, 2.75) is 25.3 Å². The van der Waals surface area contributed by atoms with Crippen LogP contribution in [0.15, 0.2) is 24.3 Å². The molecule has 0 amide bonds. The van der Waals surface area contributed by atoms with E-state index in [4.69, 9.17) is 5.11 Å². The standard InChI is InChI=1S/C13H19NOS/c1-11-8-14(6-7-16-11)9-12-2-4-13(10-15)5-3-12/h2-5,11,15H,6-10H2,1H3. The molecule has 16 heavy (non-hydrogen) atoms. The second kappa shape index (κ2) is 5.71. The number of aliphatic hydroxyl groups excluding tert-OH is 1. The SMILES string of the molecule is CC1CN(Cc2ccc(CO)cc2)CCS1. The highest BCUT2D eigenvalue weighted by atomic mass is 32.2. The normalized spacial score (nSPS) is 22.2. The average Bonchev–Trinajstić information content (AvgIpc) is 2.30. The van der Waals surface area contributed by atoms with Crippen molar-refractivity contribution in [1.29, 1.82) is 0 Å². The van der Waals surface area contributed by atoms with Gasteiger partial charge in [-0.15, -0.1) is 0 Å². The van der Waals surface area contributed by atoms with Crippen LogP contribution in [0.2, 0.25) is 0 Å². The van der Waals surface area contributed by atoms with Crippen LogP contribution >= 0.6 is 11.8 Å². The van der Waals surface area contributed by atoms with Gasteiger partial charge < -0.3 is 5.11 Å². The van der Waals surface area contributed by atoms with Crippen LogP contribution in [0.5, 0.6) is 0 Å². The van der Waals surface area contributed by atoms with Gasteiger partial charge in [0.25, 0.3) is 0 Å². The number of hydrogen-bond donors (Lipinski definition) is 1. The van der Waals surface area contributed by atoms with Crippen molar-refractivity contribution in [2.24, 2.45) is 0 Å². The third-order valence-corrected chi connectivity index (χ3v) is 4.07. The first-order valence-corrected chi connectivity index (χ1v) is 6.85. The van der Waals surface area contributed by atoms with Gasteiger partial charge in [0.05, 0.1) is 6.61 Å². The molecule has 1 heterocycles. The molecule has 3 heteroatoms. The van der Waals surface area contributed by atoms with Gasteiger partial charge in [0.15, 0.2) is 0 Å². The van der Waals surface area contributed by atoms with E-state index in [2.05, 4.69) is 35.7 Å². The lowest BCUT2D eigenvalue weighted by Gasteiger charge is -2.30. The fourth-order valence-electron chi connectivity index (χ4n) is 2.04. The molecule has 0 aromatic heterocycles. The summed E-state index contributed by atoms with van der Waals surface area (Å²) in [7, 11) is 0. The Morgan fingerprint density at radius 3 is 2.62 bits per heavy atom. The summed E-state index contributed by atoms with van der Waals surface area (Å²) in [4.78, 5) is 2.51. The van der Waals surface area contributed by atoms with E-state index in [1.54, 1.807) is 0 Å². The Morgan fingerprint density at radius 2 is 2.00 bits per heavy atom. The molecule has 2 rings (SSSR count). The Labute approximate surface area is 102 Å². The van der Waals surface area contributed by atoms with Crippen molar-refractivity contribution in [2.75, 3.05) is 18.8 Å². The topological polar surface area (TPSA) is 23.5 Å². The highest BCUT2D eigenvalue weighted by molar-refractivity contribution is 7.99. The monoisotopic (exact) mass is 237 g/mol. The van der Waals surface area contributed by atoms with Crippen molar-refractivity contribution in [3.63, 3.8) is 0 Å². The van der Waals surface area contributed by atoms with Gasteiger partial charge >= 0.3 is 0 Å². The molecule has 1 aliphatic rings. The number of nitrogens with zero attached hydrogens (tertiary/aromatic N) is 1. The van der Waals surface area contributed by atoms with Gasteiger partial charge in [-0.1, -0.05) is 31.2 Å². The van der Waals surface area contributed by atoms with Crippen LogP contribution in [0.3, 0.4) is 0 Å². The molecule has 0 bridgehead atoms. The van der Waals surface area contributed by atoms with Crippen molar-refractivity contribution in [3.05, 3.63) is 35.4 Å². The summed E-state index contributed by atoms with van der Waals surface area (Å²) in [6.45, 7) is 5.85. The van der Waals surface area contributed by atoms with E-state index in [1.807, 2.05) is 12.1 Å². The Balaban J connectivity index is 1.92. The number of rotatable bonds is 3. The van der Waals surface area contributed by atoms with E-state index in [0.717, 1.165) is 17.4 Å². The van der Waals surface area contributed by atoms with Crippen LogP contribution < -0.4 is 0 Å². The highest BCUT2D eigenvalue weighted by Crippen LogP contribution is 2.19. The second-order valence-corrected chi connectivity index (χ2v) is 5.94. The van der Waals surface area contributed by atoms with E-state index in [9.17, 15) is 0 Å². The number of thioether (sulfide) groups is 1. The largest absolute Gasteiger partial charge is 0.392 e. The van der Waals surface area contributed by atoms with Crippen molar-refractivity contribution in [1.82, 2.24) is 4.90 Å². The molecule has 88 valence electrons. The summed E-state index contributed by atoms with van der Waals surface area (Å²) in [6.07, 6.45) is 0. The lowest BCUT2D eigenvalue weighted by molar-refractivity contribution is 0.277.